The zero-order valence-electron chi connectivity index (χ0n) is 10.8. The predicted octanol–water partition coefficient (Wildman–Crippen LogP) is 2.87. The van der Waals surface area contributed by atoms with Gasteiger partial charge in [-0.2, -0.15) is 0 Å². The summed E-state index contributed by atoms with van der Waals surface area (Å²) in [5.74, 6) is 0.589. The highest BCUT2D eigenvalue weighted by Gasteiger charge is 2.04. The molecule has 0 aliphatic heterocycles. The van der Waals surface area contributed by atoms with Gasteiger partial charge >= 0.3 is 5.97 Å². The molecule has 0 heterocycles. The van der Waals surface area contributed by atoms with E-state index < -0.39 is 5.97 Å². The highest BCUT2D eigenvalue weighted by atomic mass is 79.9. The van der Waals surface area contributed by atoms with Crippen LogP contribution in [-0.4, -0.2) is 40.8 Å². The van der Waals surface area contributed by atoms with E-state index in [1.54, 1.807) is 11.8 Å². The van der Waals surface area contributed by atoms with Gasteiger partial charge in [-0.05, 0) is 28.1 Å². The molecular weight excluding hydrogens is 362 g/mol. The summed E-state index contributed by atoms with van der Waals surface area (Å²) < 4.78 is 1.04. The minimum Gasteiger partial charge on any atom is -0.481 e. The molecule has 0 spiro atoms. The standard InChI is InChI=1S/C13H16BrNO3S2/c14-10-3-1-2-4-11(10)20-7-5-12(16)15-6-8-19-9-13(17)18/h1-4H,5-9H2,(H,15,16)(H,17,18). The van der Waals surface area contributed by atoms with E-state index in [4.69, 9.17) is 5.11 Å². The van der Waals surface area contributed by atoms with Crippen LogP contribution in [0.25, 0.3) is 0 Å². The molecular formula is C13H16BrNO3S2. The Kier molecular flexibility index (Phi) is 8.80. The first kappa shape index (κ1) is 17.4. The average Bonchev–Trinajstić information content (AvgIpc) is 2.40. The van der Waals surface area contributed by atoms with Gasteiger partial charge in [-0.3, -0.25) is 9.59 Å². The number of carbonyl (C=O) groups excluding carboxylic acids is 1. The number of nitrogens with one attached hydrogen (secondary N) is 1. The Hall–Kier alpha value is -0.660. The Morgan fingerprint density at radius 1 is 1.25 bits per heavy atom. The molecule has 0 unspecified atom stereocenters. The lowest BCUT2D eigenvalue weighted by Crippen LogP contribution is -2.26. The SMILES string of the molecule is O=C(O)CSCCNC(=O)CCSc1ccccc1Br. The number of thioether (sulfide) groups is 2. The Morgan fingerprint density at radius 3 is 2.70 bits per heavy atom. The van der Waals surface area contributed by atoms with Crippen LogP contribution in [0.1, 0.15) is 6.42 Å². The third-order valence-corrected chi connectivity index (χ3v) is 5.19. The minimum atomic E-state index is -0.828. The van der Waals surface area contributed by atoms with Crippen LogP contribution in [0.15, 0.2) is 33.6 Å². The average molecular weight is 378 g/mol. The molecule has 0 aromatic heterocycles. The molecule has 4 nitrogen and oxygen atoms in total. The number of carboxylic acids is 1. The highest BCUT2D eigenvalue weighted by molar-refractivity contribution is 9.10. The van der Waals surface area contributed by atoms with Gasteiger partial charge in [-0.25, -0.2) is 0 Å². The van der Waals surface area contributed by atoms with Crippen molar-refractivity contribution in [2.75, 3.05) is 23.8 Å². The van der Waals surface area contributed by atoms with E-state index in [9.17, 15) is 9.59 Å². The maximum atomic E-state index is 11.6. The van der Waals surface area contributed by atoms with Gasteiger partial charge < -0.3 is 10.4 Å². The second kappa shape index (κ2) is 10.1. The molecule has 7 heteroatoms. The molecule has 0 atom stereocenters. The van der Waals surface area contributed by atoms with Crippen molar-refractivity contribution in [3.05, 3.63) is 28.7 Å². The third-order valence-electron chi connectivity index (χ3n) is 2.22. The number of hydrogen-bond donors (Lipinski definition) is 2. The predicted molar refractivity (Wildman–Crippen MR) is 87.5 cm³/mol. The summed E-state index contributed by atoms with van der Waals surface area (Å²) in [4.78, 5) is 23.0. The molecule has 2 N–H and O–H groups in total. The van der Waals surface area contributed by atoms with Crippen molar-refractivity contribution >= 4 is 51.3 Å². The third kappa shape index (κ3) is 7.81. The first-order chi connectivity index (χ1) is 9.59. The second-order valence-corrected chi connectivity index (χ2v) is 6.92. The fourth-order valence-electron chi connectivity index (χ4n) is 1.33. The van der Waals surface area contributed by atoms with Gasteiger partial charge in [0, 0.05) is 33.8 Å². The van der Waals surface area contributed by atoms with Crippen molar-refractivity contribution in [1.82, 2.24) is 5.32 Å². The van der Waals surface area contributed by atoms with E-state index in [1.165, 1.54) is 11.8 Å². The molecule has 0 radical (unpaired) electrons. The number of amides is 1. The summed E-state index contributed by atoms with van der Waals surface area (Å²) in [5.41, 5.74) is 0. The molecule has 0 bridgehead atoms. The number of halogens is 1. The smallest absolute Gasteiger partial charge is 0.313 e. The molecule has 1 amide bonds. The number of rotatable bonds is 9. The van der Waals surface area contributed by atoms with Crippen molar-refractivity contribution in [1.29, 1.82) is 0 Å². The van der Waals surface area contributed by atoms with Crippen LogP contribution in [0.4, 0.5) is 0 Å². The summed E-state index contributed by atoms with van der Waals surface area (Å²) in [6.07, 6.45) is 0.454. The number of benzene rings is 1. The van der Waals surface area contributed by atoms with E-state index in [-0.39, 0.29) is 11.7 Å². The van der Waals surface area contributed by atoms with Crippen molar-refractivity contribution < 1.29 is 14.7 Å². The highest BCUT2D eigenvalue weighted by Crippen LogP contribution is 2.27. The molecule has 0 aliphatic rings. The summed E-state index contributed by atoms with van der Waals surface area (Å²) in [6.45, 7) is 0.510. The van der Waals surface area contributed by atoms with Gasteiger partial charge in [-0.1, -0.05) is 12.1 Å². The van der Waals surface area contributed by atoms with Crippen LogP contribution >= 0.6 is 39.5 Å². The van der Waals surface area contributed by atoms with Crippen molar-refractivity contribution in [3.8, 4) is 0 Å². The fourth-order valence-corrected chi connectivity index (χ4v) is 3.41. The van der Waals surface area contributed by atoms with Gasteiger partial charge in [0.2, 0.25) is 5.91 Å². The normalized spacial score (nSPS) is 10.2. The van der Waals surface area contributed by atoms with Crippen LogP contribution in [0, 0.1) is 0 Å². The topological polar surface area (TPSA) is 66.4 Å². The van der Waals surface area contributed by atoms with E-state index in [2.05, 4.69) is 21.2 Å². The molecule has 1 aromatic rings. The Labute approximate surface area is 135 Å². The van der Waals surface area contributed by atoms with Crippen LogP contribution in [-0.2, 0) is 9.59 Å². The van der Waals surface area contributed by atoms with Crippen molar-refractivity contribution in [2.24, 2.45) is 0 Å². The van der Waals surface area contributed by atoms with E-state index in [1.807, 2.05) is 24.3 Å². The zero-order valence-corrected chi connectivity index (χ0v) is 14.0. The van der Waals surface area contributed by atoms with E-state index in [0.29, 0.717) is 18.7 Å². The Balaban J connectivity index is 2.09. The van der Waals surface area contributed by atoms with Gasteiger partial charge in [0.1, 0.15) is 0 Å². The Morgan fingerprint density at radius 2 is 2.00 bits per heavy atom. The molecule has 0 aliphatic carbocycles. The van der Waals surface area contributed by atoms with Crippen LogP contribution in [0.5, 0.6) is 0 Å². The lowest BCUT2D eigenvalue weighted by Gasteiger charge is -2.05. The first-order valence-electron chi connectivity index (χ1n) is 6.03. The number of hydrogen-bond acceptors (Lipinski definition) is 4. The van der Waals surface area contributed by atoms with Gasteiger partial charge in [0.25, 0.3) is 0 Å². The Bertz CT molecular complexity index is 457. The van der Waals surface area contributed by atoms with Crippen LogP contribution in [0.3, 0.4) is 0 Å². The van der Waals surface area contributed by atoms with Crippen LogP contribution in [0.2, 0.25) is 0 Å². The fraction of sp³-hybridized carbons (Fsp3) is 0.385. The minimum absolute atomic E-state index is 0.000443. The van der Waals surface area contributed by atoms with Crippen molar-refractivity contribution in [3.63, 3.8) is 0 Å². The molecule has 110 valence electrons. The maximum Gasteiger partial charge on any atom is 0.313 e. The monoisotopic (exact) mass is 377 g/mol. The molecule has 1 aromatic carbocycles. The summed E-state index contributed by atoms with van der Waals surface area (Å²) in [6, 6.07) is 7.90. The molecule has 0 fully saturated rings. The summed E-state index contributed by atoms with van der Waals surface area (Å²) >= 11 is 6.39. The van der Waals surface area contributed by atoms with Gasteiger partial charge in [0.05, 0.1) is 5.75 Å². The molecule has 0 saturated heterocycles. The second-order valence-electron chi connectivity index (χ2n) is 3.83. The quantitative estimate of drug-likeness (QED) is 0.511. The van der Waals surface area contributed by atoms with Gasteiger partial charge in [-0.15, -0.1) is 23.5 Å². The molecule has 20 heavy (non-hydrogen) atoms. The number of carbonyl (C=O) groups is 2. The van der Waals surface area contributed by atoms with Gasteiger partial charge in [0.15, 0.2) is 0 Å². The molecule has 0 saturated carbocycles. The van der Waals surface area contributed by atoms with Crippen LogP contribution < -0.4 is 5.32 Å². The van der Waals surface area contributed by atoms with Crippen molar-refractivity contribution in [2.45, 2.75) is 11.3 Å². The number of carboxylic acid groups (broad SMARTS) is 1. The van der Waals surface area contributed by atoms with E-state index in [0.717, 1.165) is 15.1 Å². The number of aliphatic carboxylic acids is 1. The lowest BCUT2D eigenvalue weighted by atomic mass is 10.4. The lowest BCUT2D eigenvalue weighted by molar-refractivity contribution is -0.133. The van der Waals surface area contributed by atoms with E-state index >= 15 is 0 Å². The summed E-state index contributed by atoms with van der Waals surface area (Å²) in [5, 5.41) is 11.2. The molecule has 1 rings (SSSR count). The maximum absolute atomic E-state index is 11.6. The first-order valence-corrected chi connectivity index (χ1v) is 8.96. The zero-order chi connectivity index (χ0) is 14.8. The summed E-state index contributed by atoms with van der Waals surface area (Å²) in [7, 11) is 0. The largest absolute Gasteiger partial charge is 0.481 e.